The molecule has 1 aliphatic heterocycles. The molecule has 0 radical (unpaired) electrons. The Labute approximate surface area is 175 Å². The van der Waals surface area contributed by atoms with Gasteiger partial charge in [0.15, 0.2) is 11.6 Å². The van der Waals surface area contributed by atoms with Crippen LogP contribution >= 0.6 is 0 Å². The first kappa shape index (κ1) is 19.9. The molecule has 4 rings (SSSR count). The fraction of sp³-hybridized carbons (Fsp3) is 0.348. The van der Waals surface area contributed by atoms with Crippen molar-refractivity contribution in [3.63, 3.8) is 0 Å². The maximum Gasteiger partial charge on any atom is 0.159 e. The van der Waals surface area contributed by atoms with Crippen LogP contribution in [0.3, 0.4) is 0 Å². The van der Waals surface area contributed by atoms with Crippen LogP contribution in [0.1, 0.15) is 29.5 Å². The minimum absolute atomic E-state index is 0.250. The number of aliphatic hydroxyl groups is 1. The molecule has 0 atom stereocenters. The molecule has 1 fully saturated rings. The lowest BCUT2D eigenvalue weighted by Crippen LogP contribution is -2.36. The molecule has 7 nitrogen and oxygen atoms in total. The molecule has 0 aliphatic carbocycles. The Balaban J connectivity index is 1.65. The minimum atomic E-state index is -0.250. The molecule has 2 heterocycles. The van der Waals surface area contributed by atoms with Gasteiger partial charge in [-0.05, 0) is 55.2 Å². The topological polar surface area (TPSA) is 94.3 Å². The Kier molecular flexibility index (Phi) is 5.68. The highest BCUT2D eigenvalue weighted by molar-refractivity contribution is 5.99. The van der Waals surface area contributed by atoms with Crippen LogP contribution in [0.2, 0.25) is 0 Å². The monoisotopic (exact) mass is 403 g/mol. The van der Waals surface area contributed by atoms with Gasteiger partial charge in [0.2, 0.25) is 0 Å². The van der Waals surface area contributed by atoms with Crippen LogP contribution in [-0.4, -0.2) is 41.6 Å². The van der Waals surface area contributed by atoms with E-state index < -0.39 is 0 Å². The van der Waals surface area contributed by atoms with Gasteiger partial charge >= 0.3 is 0 Å². The number of hydrogen-bond donors (Lipinski definition) is 2. The number of aliphatic hydroxyl groups excluding tert-OH is 1. The molecular formula is C23H25N5O2. The standard InChI is InChI=1S/C23H25N5O2/c1-15-11-17(4-6-21(15)30-2)14-25-22-20-12-16(13-24)3-5-19(20)23(27-26-22)28-9-7-18(29)8-10-28/h3-6,11-12,18,29H,7-10,14H2,1-2H3,(H,25,26). The number of nitriles is 1. The number of nitrogens with zero attached hydrogens (tertiary/aromatic N) is 4. The Morgan fingerprint density at radius 2 is 1.97 bits per heavy atom. The number of aryl methyl sites for hydroxylation is 1. The zero-order valence-electron chi connectivity index (χ0n) is 17.2. The van der Waals surface area contributed by atoms with E-state index in [4.69, 9.17) is 4.74 Å². The summed E-state index contributed by atoms with van der Waals surface area (Å²) < 4.78 is 5.33. The minimum Gasteiger partial charge on any atom is -0.496 e. The maximum absolute atomic E-state index is 9.81. The molecule has 30 heavy (non-hydrogen) atoms. The Hall–Kier alpha value is -3.37. The van der Waals surface area contributed by atoms with Gasteiger partial charge in [-0.25, -0.2) is 0 Å². The normalized spacial score (nSPS) is 14.5. The lowest BCUT2D eigenvalue weighted by molar-refractivity contribution is 0.145. The summed E-state index contributed by atoms with van der Waals surface area (Å²) in [6.07, 6.45) is 1.19. The van der Waals surface area contributed by atoms with E-state index in [9.17, 15) is 10.4 Å². The zero-order valence-corrected chi connectivity index (χ0v) is 17.2. The molecule has 0 amide bonds. The average Bonchev–Trinajstić information content (AvgIpc) is 2.77. The van der Waals surface area contributed by atoms with E-state index in [2.05, 4.69) is 32.5 Å². The van der Waals surface area contributed by atoms with Gasteiger partial charge in [-0.2, -0.15) is 5.26 Å². The summed E-state index contributed by atoms with van der Waals surface area (Å²) in [5.41, 5.74) is 2.76. The van der Waals surface area contributed by atoms with E-state index in [1.54, 1.807) is 7.11 Å². The molecule has 1 aromatic heterocycles. The predicted molar refractivity (Wildman–Crippen MR) is 117 cm³/mol. The molecule has 0 spiro atoms. The number of hydrogen-bond acceptors (Lipinski definition) is 7. The van der Waals surface area contributed by atoms with E-state index >= 15 is 0 Å². The molecular weight excluding hydrogens is 378 g/mol. The first-order valence-corrected chi connectivity index (χ1v) is 10.1. The second kappa shape index (κ2) is 8.56. The second-order valence-corrected chi connectivity index (χ2v) is 7.62. The molecule has 0 bridgehead atoms. The highest BCUT2D eigenvalue weighted by atomic mass is 16.5. The van der Waals surface area contributed by atoms with Crippen molar-refractivity contribution in [2.45, 2.75) is 32.4 Å². The Bertz CT molecular complexity index is 1100. The van der Waals surface area contributed by atoms with Gasteiger partial charge in [0.25, 0.3) is 0 Å². The van der Waals surface area contributed by atoms with Crippen LogP contribution in [0.5, 0.6) is 5.75 Å². The Morgan fingerprint density at radius 3 is 2.67 bits per heavy atom. The number of nitrogens with one attached hydrogen (secondary N) is 1. The van der Waals surface area contributed by atoms with Gasteiger partial charge in [0, 0.05) is 30.4 Å². The van der Waals surface area contributed by atoms with Crippen LogP contribution < -0.4 is 15.0 Å². The number of aromatic nitrogens is 2. The number of ether oxygens (including phenoxy) is 1. The lowest BCUT2D eigenvalue weighted by Gasteiger charge is -2.31. The van der Waals surface area contributed by atoms with Crippen molar-refractivity contribution in [1.82, 2.24) is 10.2 Å². The molecule has 154 valence electrons. The quantitative estimate of drug-likeness (QED) is 0.674. The van der Waals surface area contributed by atoms with Crippen molar-refractivity contribution in [3.05, 3.63) is 53.1 Å². The van der Waals surface area contributed by atoms with Crippen molar-refractivity contribution in [2.75, 3.05) is 30.4 Å². The summed E-state index contributed by atoms with van der Waals surface area (Å²) >= 11 is 0. The van der Waals surface area contributed by atoms with E-state index in [0.29, 0.717) is 17.9 Å². The summed E-state index contributed by atoms with van der Waals surface area (Å²) in [5.74, 6) is 2.31. The summed E-state index contributed by atoms with van der Waals surface area (Å²) in [4.78, 5) is 2.16. The SMILES string of the molecule is COc1ccc(CNc2nnc(N3CCC(O)CC3)c3ccc(C#N)cc23)cc1C. The summed E-state index contributed by atoms with van der Waals surface area (Å²) in [7, 11) is 1.67. The van der Waals surface area contributed by atoms with Crippen molar-refractivity contribution in [3.8, 4) is 11.8 Å². The van der Waals surface area contributed by atoms with Gasteiger partial charge in [-0.15, -0.1) is 10.2 Å². The van der Waals surface area contributed by atoms with Gasteiger partial charge in [0.05, 0.1) is 24.8 Å². The van der Waals surface area contributed by atoms with E-state index in [1.807, 2.05) is 37.3 Å². The zero-order chi connectivity index (χ0) is 21.1. The number of benzene rings is 2. The van der Waals surface area contributed by atoms with Crippen LogP contribution in [0.4, 0.5) is 11.6 Å². The second-order valence-electron chi connectivity index (χ2n) is 7.62. The highest BCUT2D eigenvalue weighted by Gasteiger charge is 2.21. The number of fused-ring (bicyclic) bond motifs is 1. The third kappa shape index (κ3) is 4.00. The number of methoxy groups -OCH3 is 1. The third-order valence-corrected chi connectivity index (χ3v) is 5.57. The van der Waals surface area contributed by atoms with Crippen LogP contribution in [-0.2, 0) is 6.54 Å². The van der Waals surface area contributed by atoms with Crippen molar-refractivity contribution < 1.29 is 9.84 Å². The third-order valence-electron chi connectivity index (χ3n) is 5.57. The fourth-order valence-electron chi connectivity index (χ4n) is 3.89. The highest BCUT2D eigenvalue weighted by Crippen LogP contribution is 2.31. The lowest BCUT2D eigenvalue weighted by atomic mass is 10.1. The molecule has 7 heteroatoms. The van der Waals surface area contributed by atoms with Crippen LogP contribution in [0.25, 0.3) is 10.8 Å². The van der Waals surface area contributed by atoms with Crippen molar-refractivity contribution in [1.29, 1.82) is 5.26 Å². The fourth-order valence-corrected chi connectivity index (χ4v) is 3.89. The molecule has 0 unspecified atom stereocenters. The average molecular weight is 403 g/mol. The summed E-state index contributed by atoms with van der Waals surface area (Å²) in [5, 5.41) is 33.3. The molecule has 1 saturated heterocycles. The van der Waals surface area contributed by atoms with Gasteiger partial charge in [-0.1, -0.05) is 12.1 Å². The maximum atomic E-state index is 9.81. The van der Waals surface area contributed by atoms with Crippen molar-refractivity contribution in [2.24, 2.45) is 0 Å². The van der Waals surface area contributed by atoms with E-state index in [-0.39, 0.29) is 6.10 Å². The van der Waals surface area contributed by atoms with Crippen molar-refractivity contribution >= 4 is 22.4 Å². The number of piperidine rings is 1. The summed E-state index contributed by atoms with van der Waals surface area (Å²) in [6, 6.07) is 13.9. The Morgan fingerprint density at radius 1 is 1.17 bits per heavy atom. The van der Waals surface area contributed by atoms with Gasteiger partial charge < -0.3 is 20.1 Å². The molecule has 1 aliphatic rings. The molecule has 3 aromatic rings. The van der Waals surface area contributed by atoms with E-state index in [1.165, 1.54) is 0 Å². The molecule has 2 aromatic carbocycles. The van der Waals surface area contributed by atoms with Gasteiger partial charge in [0.1, 0.15) is 5.75 Å². The largest absolute Gasteiger partial charge is 0.496 e. The first-order valence-electron chi connectivity index (χ1n) is 10.1. The van der Waals surface area contributed by atoms with Crippen LogP contribution in [0, 0.1) is 18.3 Å². The first-order chi connectivity index (χ1) is 14.6. The smallest absolute Gasteiger partial charge is 0.159 e. The molecule has 2 N–H and O–H groups in total. The predicted octanol–water partition coefficient (Wildman–Crippen LogP) is 3.39. The summed E-state index contributed by atoms with van der Waals surface area (Å²) in [6.45, 7) is 4.08. The van der Waals surface area contributed by atoms with Crippen LogP contribution in [0.15, 0.2) is 36.4 Å². The van der Waals surface area contributed by atoms with Gasteiger partial charge in [-0.3, -0.25) is 0 Å². The number of anilines is 2. The number of rotatable bonds is 5. The van der Waals surface area contributed by atoms with E-state index in [0.717, 1.165) is 59.4 Å². The molecule has 0 saturated carbocycles.